The molecule has 2 unspecified atom stereocenters. The summed E-state index contributed by atoms with van der Waals surface area (Å²) in [6.07, 6.45) is 17.8. The molecule has 0 aromatic heterocycles. The van der Waals surface area contributed by atoms with Crippen molar-refractivity contribution in [3.8, 4) is 0 Å². The van der Waals surface area contributed by atoms with Crippen molar-refractivity contribution in [3.63, 3.8) is 0 Å². The van der Waals surface area contributed by atoms with Crippen LogP contribution < -0.4 is 0 Å². The van der Waals surface area contributed by atoms with Crippen LogP contribution >= 0.6 is 23.2 Å². The van der Waals surface area contributed by atoms with Gasteiger partial charge in [0.25, 0.3) is 0 Å². The number of hydrogen-bond acceptors (Lipinski definition) is 3. The van der Waals surface area contributed by atoms with Gasteiger partial charge in [0.15, 0.2) is 0 Å². The normalized spacial score (nSPS) is 14.4. The first-order chi connectivity index (χ1) is 13.2. The van der Waals surface area contributed by atoms with Crippen molar-refractivity contribution in [1.29, 1.82) is 0 Å². The van der Waals surface area contributed by atoms with Crippen molar-refractivity contribution in [1.82, 2.24) is 0 Å². The second kappa shape index (κ2) is 22.2. The Morgan fingerprint density at radius 2 is 1.11 bits per heavy atom. The molecule has 0 aromatic carbocycles. The second-order valence-electron chi connectivity index (χ2n) is 7.01. The van der Waals surface area contributed by atoms with E-state index in [2.05, 4.69) is 38.2 Å². The van der Waals surface area contributed by atoms with Crippen molar-refractivity contribution in [2.24, 2.45) is 11.8 Å². The zero-order valence-electron chi connectivity index (χ0n) is 17.3. The van der Waals surface area contributed by atoms with E-state index >= 15 is 0 Å². The first-order valence-corrected chi connectivity index (χ1v) is 11.5. The maximum Gasteiger partial charge on any atom is 0.149 e. The van der Waals surface area contributed by atoms with Gasteiger partial charge in [-0.3, -0.25) is 0 Å². The molecule has 5 heteroatoms. The summed E-state index contributed by atoms with van der Waals surface area (Å²) in [5.74, 6) is 2.57. The van der Waals surface area contributed by atoms with Crippen LogP contribution in [0.4, 0.5) is 0 Å². The van der Waals surface area contributed by atoms with Gasteiger partial charge in [-0.1, -0.05) is 38.2 Å². The van der Waals surface area contributed by atoms with Gasteiger partial charge in [0.2, 0.25) is 0 Å². The average Bonchev–Trinajstić information content (AvgIpc) is 2.66. The number of ether oxygens (including phenoxy) is 3. The van der Waals surface area contributed by atoms with Crippen molar-refractivity contribution >= 4 is 23.2 Å². The minimum absolute atomic E-state index is 0.294. The molecule has 0 aliphatic rings. The lowest BCUT2D eigenvalue weighted by Gasteiger charge is -2.10. The molecule has 0 spiro atoms. The molecule has 0 amide bonds. The van der Waals surface area contributed by atoms with Crippen molar-refractivity contribution in [2.75, 3.05) is 38.6 Å². The van der Waals surface area contributed by atoms with Gasteiger partial charge in [0, 0.05) is 25.0 Å². The van der Waals surface area contributed by atoms with Crippen LogP contribution in [0.5, 0.6) is 0 Å². The Balaban J connectivity index is 3.34. The zero-order chi connectivity index (χ0) is 20.0. The Labute approximate surface area is 177 Å². The quantitative estimate of drug-likeness (QED) is 0.0919. The fraction of sp³-hybridized carbons (Fsp3) is 0.818. The molecule has 2 atom stereocenters. The molecule has 3 nitrogen and oxygen atoms in total. The van der Waals surface area contributed by atoms with E-state index in [9.17, 15) is 0 Å². The smallest absolute Gasteiger partial charge is 0.149 e. The number of halogens is 2. The van der Waals surface area contributed by atoms with Gasteiger partial charge in [-0.05, 0) is 63.2 Å². The topological polar surface area (TPSA) is 27.7 Å². The fourth-order valence-electron chi connectivity index (χ4n) is 2.37. The summed E-state index contributed by atoms with van der Waals surface area (Å²) >= 11 is 11.3. The van der Waals surface area contributed by atoms with E-state index in [0.29, 0.717) is 38.6 Å². The van der Waals surface area contributed by atoms with Crippen LogP contribution in [0.15, 0.2) is 24.3 Å². The summed E-state index contributed by atoms with van der Waals surface area (Å²) < 4.78 is 16.3. The molecule has 0 saturated heterocycles. The highest BCUT2D eigenvalue weighted by molar-refractivity contribution is 6.18. The molecule has 0 radical (unpaired) electrons. The van der Waals surface area contributed by atoms with Crippen LogP contribution in [0.2, 0.25) is 0 Å². The van der Waals surface area contributed by atoms with E-state index in [1.165, 1.54) is 12.8 Å². The lowest BCUT2D eigenvalue weighted by atomic mass is 10.1. The fourth-order valence-corrected chi connectivity index (χ4v) is 2.75. The van der Waals surface area contributed by atoms with E-state index in [1.54, 1.807) is 0 Å². The number of unbranched alkanes of at least 4 members (excludes halogenated alkanes) is 4. The highest BCUT2D eigenvalue weighted by atomic mass is 35.5. The highest BCUT2D eigenvalue weighted by Crippen LogP contribution is 2.08. The van der Waals surface area contributed by atoms with Crippen molar-refractivity contribution in [2.45, 2.75) is 65.2 Å². The van der Waals surface area contributed by atoms with Gasteiger partial charge in [0.1, 0.15) is 13.6 Å². The van der Waals surface area contributed by atoms with Gasteiger partial charge in [-0.2, -0.15) is 0 Å². The molecule has 0 aromatic rings. The van der Waals surface area contributed by atoms with Crippen LogP contribution in [0, 0.1) is 11.8 Å². The van der Waals surface area contributed by atoms with Gasteiger partial charge in [-0.25, -0.2) is 0 Å². The van der Waals surface area contributed by atoms with Crippen LogP contribution in [-0.2, 0) is 14.2 Å². The number of alkyl halides is 2. The molecular weight excluding hydrogens is 383 g/mol. The number of allylic oxidation sites excluding steroid dienone is 4. The third-order valence-electron chi connectivity index (χ3n) is 4.21. The second-order valence-corrected chi connectivity index (χ2v) is 7.77. The molecule has 0 aliphatic heterocycles. The summed E-state index contributed by atoms with van der Waals surface area (Å²) in [6.45, 7) is 6.42. The maximum absolute atomic E-state index is 5.66. The molecule has 27 heavy (non-hydrogen) atoms. The van der Waals surface area contributed by atoms with Crippen molar-refractivity contribution in [3.05, 3.63) is 24.3 Å². The molecule has 0 heterocycles. The average molecular weight is 423 g/mol. The highest BCUT2D eigenvalue weighted by Gasteiger charge is 1.99. The summed E-state index contributed by atoms with van der Waals surface area (Å²) in [5, 5.41) is 0. The molecule has 0 rings (SSSR count). The third-order valence-corrected chi connectivity index (χ3v) is 4.74. The Morgan fingerprint density at radius 3 is 1.52 bits per heavy atom. The van der Waals surface area contributed by atoms with Gasteiger partial charge >= 0.3 is 0 Å². The minimum Gasteiger partial charge on any atom is -0.355 e. The zero-order valence-corrected chi connectivity index (χ0v) is 18.9. The summed E-state index contributed by atoms with van der Waals surface area (Å²) in [7, 11) is 0. The lowest BCUT2D eigenvalue weighted by molar-refractivity contribution is -0.132. The van der Waals surface area contributed by atoms with E-state index in [1.807, 2.05) is 0 Å². The standard InChI is InChI=1S/C22H40Cl2O3/c1-21(11-7-3-5-9-15-23)13-17-25-19-27-20-26-18-14-22(2)12-8-4-6-10-16-24/h7-8,11-12,21-22H,3-6,9-10,13-20H2,1-2H3. The number of rotatable bonds is 20. The molecule has 160 valence electrons. The lowest BCUT2D eigenvalue weighted by Crippen LogP contribution is -2.08. The summed E-state index contributed by atoms with van der Waals surface area (Å²) in [6, 6.07) is 0. The van der Waals surface area contributed by atoms with Crippen LogP contribution in [0.1, 0.15) is 65.2 Å². The summed E-state index contributed by atoms with van der Waals surface area (Å²) in [5.41, 5.74) is 0. The SMILES string of the molecule is CC(C=CCCCCCl)CCOCOCOCCC(C)C=CCCCCCl. The predicted octanol–water partition coefficient (Wildman–Crippen LogP) is 6.93. The minimum atomic E-state index is 0.294. The Hall–Kier alpha value is -0.0600. The Morgan fingerprint density at radius 1 is 0.667 bits per heavy atom. The van der Waals surface area contributed by atoms with Crippen LogP contribution in [-0.4, -0.2) is 38.6 Å². The van der Waals surface area contributed by atoms with E-state index < -0.39 is 0 Å². The summed E-state index contributed by atoms with van der Waals surface area (Å²) in [4.78, 5) is 0. The molecule has 0 saturated carbocycles. The van der Waals surface area contributed by atoms with Crippen LogP contribution in [0.25, 0.3) is 0 Å². The largest absolute Gasteiger partial charge is 0.355 e. The maximum atomic E-state index is 5.66. The Bertz CT molecular complexity index is 316. The monoisotopic (exact) mass is 422 g/mol. The molecule has 0 aliphatic carbocycles. The van der Waals surface area contributed by atoms with Crippen LogP contribution in [0.3, 0.4) is 0 Å². The molecule has 0 N–H and O–H groups in total. The van der Waals surface area contributed by atoms with E-state index in [0.717, 1.165) is 50.3 Å². The van der Waals surface area contributed by atoms with Gasteiger partial charge in [-0.15, -0.1) is 23.2 Å². The number of hydrogen-bond donors (Lipinski definition) is 0. The van der Waals surface area contributed by atoms with Gasteiger partial charge in [0.05, 0.1) is 0 Å². The van der Waals surface area contributed by atoms with Gasteiger partial charge < -0.3 is 14.2 Å². The third kappa shape index (κ3) is 22.1. The van der Waals surface area contributed by atoms with E-state index in [-0.39, 0.29) is 0 Å². The van der Waals surface area contributed by atoms with Crippen molar-refractivity contribution < 1.29 is 14.2 Å². The first-order valence-electron chi connectivity index (χ1n) is 10.4. The molecule has 0 fully saturated rings. The molecular formula is C22H40Cl2O3. The predicted molar refractivity (Wildman–Crippen MR) is 118 cm³/mol. The van der Waals surface area contributed by atoms with E-state index in [4.69, 9.17) is 37.4 Å². The first kappa shape index (κ1) is 26.9. The molecule has 0 bridgehead atoms. The Kier molecular flexibility index (Phi) is 22.2.